The minimum Gasteiger partial charge on any atom is -0.373 e. The summed E-state index contributed by atoms with van der Waals surface area (Å²) in [5.41, 5.74) is 3.74. The van der Waals surface area contributed by atoms with Gasteiger partial charge in [-0.1, -0.05) is 34.1 Å². The van der Waals surface area contributed by atoms with E-state index in [1.165, 1.54) is 11.3 Å². The average molecular weight is 277 g/mol. The van der Waals surface area contributed by atoms with E-state index in [2.05, 4.69) is 33.0 Å². The number of nitrogens with zero attached hydrogens (tertiary/aromatic N) is 2. The molecule has 4 heteroatoms. The van der Waals surface area contributed by atoms with E-state index in [9.17, 15) is 0 Å². The Balaban J connectivity index is 2.46. The molecule has 2 heterocycles. The first-order chi connectivity index (χ1) is 9.47. The fraction of sp³-hybridized carbons (Fsp3) is 0.750. The topological polar surface area (TPSA) is 47.0 Å². The first-order valence-corrected chi connectivity index (χ1v) is 7.59. The van der Waals surface area contributed by atoms with Crippen LogP contribution >= 0.6 is 0 Å². The summed E-state index contributed by atoms with van der Waals surface area (Å²) in [5.74, 6) is 0.839. The monoisotopic (exact) mass is 277 g/mol. The lowest BCUT2D eigenvalue weighted by Gasteiger charge is -2.30. The highest BCUT2D eigenvalue weighted by molar-refractivity contribution is 5.29. The predicted molar refractivity (Wildman–Crippen MR) is 80.6 cm³/mol. The van der Waals surface area contributed by atoms with E-state index in [-0.39, 0.29) is 11.5 Å². The van der Waals surface area contributed by atoms with E-state index in [4.69, 9.17) is 14.7 Å². The third kappa shape index (κ3) is 3.18. The van der Waals surface area contributed by atoms with Crippen molar-refractivity contribution in [1.82, 2.24) is 15.3 Å². The Kier molecular flexibility index (Phi) is 4.76. The maximum atomic E-state index is 5.68. The van der Waals surface area contributed by atoms with Gasteiger partial charge in [-0.25, -0.2) is 9.97 Å². The fourth-order valence-electron chi connectivity index (χ4n) is 2.87. The number of fused-ring (bicyclic) bond motifs is 1. The molecule has 0 radical (unpaired) electrons. The molecule has 4 nitrogen and oxygen atoms in total. The molecular weight excluding hydrogens is 250 g/mol. The number of methoxy groups -OCH3 is 1. The molecule has 0 saturated heterocycles. The molecule has 2 rings (SSSR count). The van der Waals surface area contributed by atoms with E-state index in [0.29, 0.717) is 0 Å². The number of ether oxygens (including phenoxy) is 1. The molecule has 1 N–H and O–H groups in total. The molecule has 1 unspecified atom stereocenters. The molecule has 0 aliphatic carbocycles. The van der Waals surface area contributed by atoms with Gasteiger partial charge in [-0.05, 0) is 30.4 Å². The van der Waals surface area contributed by atoms with Gasteiger partial charge in [-0.3, -0.25) is 0 Å². The Hall–Kier alpha value is -1.00. The molecule has 0 fully saturated rings. The molecule has 0 amide bonds. The van der Waals surface area contributed by atoms with Crippen LogP contribution in [0.2, 0.25) is 0 Å². The zero-order valence-electron chi connectivity index (χ0n) is 13.4. The average Bonchev–Trinajstić information content (AvgIpc) is 2.38. The molecular formula is C16H27N3O. The molecule has 1 aliphatic heterocycles. The fourth-order valence-corrected chi connectivity index (χ4v) is 2.87. The number of nitrogens with one attached hydrogen (secondary N) is 1. The highest BCUT2D eigenvalue weighted by Gasteiger charge is 2.30. The zero-order valence-corrected chi connectivity index (χ0v) is 13.4. The highest BCUT2D eigenvalue weighted by atomic mass is 16.5. The molecule has 0 saturated carbocycles. The normalized spacial score (nSPS) is 16.9. The third-order valence-corrected chi connectivity index (χ3v) is 3.78. The molecule has 0 bridgehead atoms. The Morgan fingerprint density at radius 3 is 2.65 bits per heavy atom. The van der Waals surface area contributed by atoms with Crippen molar-refractivity contribution in [2.24, 2.45) is 5.41 Å². The van der Waals surface area contributed by atoms with Gasteiger partial charge in [-0.2, -0.15) is 0 Å². The van der Waals surface area contributed by atoms with Gasteiger partial charge in [0.25, 0.3) is 0 Å². The number of rotatable bonds is 4. The van der Waals surface area contributed by atoms with Crippen LogP contribution in [-0.4, -0.2) is 23.6 Å². The zero-order chi connectivity index (χ0) is 14.8. The van der Waals surface area contributed by atoms with E-state index in [0.717, 1.165) is 43.9 Å². The lowest BCUT2D eigenvalue weighted by atomic mass is 9.88. The van der Waals surface area contributed by atoms with Crippen LogP contribution in [0.25, 0.3) is 0 Å². The van der Waals surface area contributed by atoms with Crippen LogP contribution < -0.4 is 5.32 Å². The van der Waals surface area contributed by atoms with E-state index >= 15 is 0 Å². The molecule has 0 aromatic carbocycles. The summed E-state index contributed by atoms with van der Waals surface area (Å²) in [4.78, 5) is 9.64. The van der Waals surface area contributed by atoms with Crippen molar-refractivity contribution in [2.45, 2.75) is 59.6 Å². The number of hydrogen-bond donors (Lipinski definition) is 1. The van der Waals surface area contributed by atoms with Gasteiger partial charge < -0.3 is 10.1 Å². The maximum Gasteiger partial charge on any atom is 0.158 e. The van der Waals surface area contributed by atoms with Gasteiger partial charge in [0.2, 0.25) is 0 Å². The number of aromatic nitrogens is 2. The van der Waals surface area contributed by atoms with Crippen LogP contribution in [0.1, 0.15) is 63.0 Å². The van der Waals surface area contributed by atoms with Gasteiger partial charge in [0.15, 0.2) is 5.82 Å². The second kappa shape index (κ2) is 6.19. The first kappa shape index (κ1) is 15.4. The summed E-state index contributed by atoms with van der Waals surface area (Å²) in [5, 5.41) is 3.40. The van der Waals surface area contributed by atoms with Crippen molar-refractivity contribution in [1.29, 1.82) is 0 Å². The number of aryl methyl sites for hydroxylation is 1. The quantitative estimate of drug-likeness (QED) is 0.919. The Bertz CT molecular complexity index is 466. The highest BCUT2D eigenvalue weighted by Crippen LogP contribution is 2.34. The van der Waals surface area contributed by atoms with Gasteiger partial charge >= 0.3 is 0 Å². The van der Waals surface area contributed by atoms with E-state index in [1.807, 2.05) is 0 Å². The van der Waals surface area contributed by atoms with Crippen LogP contribution in [-0.2, 0) is 24.1 Å². The van der Waals surface area contributed by atoms with Crippen molar-refractivity contribution in [2.75, 3.05) is 13.7 Å². The molecule has 1 aromatic heterocycles. The van der Waals surface area contributed by atoms with Crippen molar-refractivity contribution in [3.63, 3.8) is 0 Å². The Labute approximate surface area is 122 Å². The Morgan fingerprint density at radius 2 is 2.05 bits per heavy atom. The summed E-state index contributed by atoms with van der Waals surface area (Å²) in [7, 11) is 1.75. The largest absolute Gasteiger partial charge is 0.373 e. The summed E-state index contributed by atoms with van der Waals surface area (Å²) in [6.45, 7) is 10.6. The van der Waals surface area contributed by atoms with Crippen molar-refractivity contribution in [3.8, 4) is 0 Å². The van der Waals surface area contributed by atoms with Crippen LogP contribution in [0.3, 0.4) is 0 Å². The SMILES string of the molecule is CCCc1nc(C(OC)C(C)(C)C)nc2c1CCNC2. The third-order valence-electron chi connectivity index (χ3n) is 3.78. The van der Waals surface area contributed by atoms with E-state index < -0.39 is 0 Å². The molecule has 1 atom stereocenters. The minimum absolute atomic E-state index is 0.00539. The molecule has 1 aliphatic rings. The minimum atomic E-state index is -0.0645. The summed E-state index contributed by atoms with van der Waals surface area (Å²) in [6.07, 6.45) is 3.12. The second-order valence-corrected chi connectivity index (χ2v) is 6.61. The van der Waals surface area contributed by atoms with Crippen LogP contribution in [0.5, 0.6) is 0 Å². The van der Waals surface area contributed by atoms with Crippen LogP contribution in [0.15, 0.2) is 0 Å². The summed E-state index contributed by atoms with van der Waals surface area (Å²) >= 11 is 0. The molecule has 1 aromatic rings. The maximum absolute atomic E-state index is 5.68. The molecule has 112 valence electrons. The van der Waals surface area contributed by atoms with Gasteiger partial charge in [0.1, 0.15) is 6.10 Å². The lowest BCUT2D eigenvalue weighted by Crippen LogP contribution is -2.29. The smallest absolute Gasteiger partial charge is 0.158 e. The lowest BCUT2D eigenvalue weighted by molar-refractivity contribution is 0.00826. The molecule has 0 spiro atoms. The summed E-state index contributed by atoms with van der Waals surface area (Å²) in [6, 6.07) is 0. The van der Waals surface area contributed by atoms with Crippen LogP contribution in [0, 0.1) is 5.41 Å². The molecule has 20 heavy (non-hydrogen) atoms. The van der Waals surface area contributed by atoms with Crippen molar-refractivity contribution >= 4 is 0 Å². The standard InChI is InChI=1S/C16H27N3O/c1-6-7-12-11-8-9-17-10-13(11)19-15(18-12)14(20-5)16(2,3)4/h14,17H,6-10H2,1-5H3. The van der Waals surface area contributed by atoms with Crippen LogP contribution in [0.4, 0.5) is 0 Å². The number of hydrogen-bond acceptors (Lipinski definition) is 4. The van der Waals surface area contributed by atoms with E-state index in [1.54, 1.807) is 7.11 Å². The predicted octanol–water partition coefficient (Wildman–Crippen LogP) is 2.81. The van der Waals surface area contributed by atoms with Gasteiger partial charge in [0, 0.05) is 19.3 Å². The second-order valence-electron chi connectivity index (χ2n) is 6.61. The summed E-state index contributed by atoms with van der Waals surface area (Å²) < 4.78 is 5.68. The first-order valence-electron chi connectivity index (χ1n) is 7.59. The van der Waals surface area contributed by atoms with Crippen molar-refractivity contribution < 1.29 is 4.74 Å². The van der Waals surface area contributed by atoms with Crippen molar-refractivity contribution in [3.05, 3.63) is 22.8 Å². The van der Waals surface area contributed by atoms with Gasteiger partial charge in [0.05, 0.1) is 5.69 Å². The van der Waals surface area contributed by atoms with Gasteiger partial charge in [-0.15, -0.1) is 0 Å². The Morgan fingerprint density at radius 1 is 1.30 bits per heavy atom.